The fourth-order valence-corrected chi connectivity index (χ4v) is 2.73. The molecule has 0 atom stereocenters. The van der Waals surface area contributed by atoms with Crippen molar-refractivity contribution >= 4 is 23.2 Å². The van der Waals surface area contributed by atoms with Gasteiger partial charge in [-0.3, -0.25) is 9.69 Å². The van der Waals surface area contributed by atoms with E-state index in [0.717, 1.165) is 17.7 Å². The first-order chi connectivity index (χ1) is 14.2. The smallest absolute Gasteiger partial charge is 0.439 e. The summed E-state index contributed by atoms with van der Waals surface area (Å²) in [5.74, 6) is 0.314. The number of halogens is 4. The number of anilines is 1. The number of hydrogen-bond donors (Lipinski definition) is 1. The number of amides is 1. The van der Waals surface area contributed by atoms with Crippen LogP contribution in [0.3, 0.4) is 0 Å². The molecule has 1 aromatic heterocycles. The van der Waals surface area contributed by atoms with Crippen LogP contribution in [-0.2, 0) is 11.3 Å². The van der Waals surface area contributed by atoms with Crippen LogP contribution >= 0.6 is 11.6 Å². The van der Waals surface area contributed by atoms with E-state index in [9.17, 15) is 18.0 Å². The quantitative estimate of drug-likeness (QED) is 0.563. The molecule has 1 N–H and O–H groups in total. The number of oxazole rings is 1. The molecule has 6 nitrogen and oxygen atoms in total. The van der Waals surface area contributed by atoms with E-state index in [1.165, 1.54) is 12.1 Å². The lowest BCUT2D eigenvalue weighted by Crippen LogP contribution is -2.29. The van der Waals surface area contributed by atoms with Crippen LogP contribution < -0.4 is 10.1 Å². The van der Waals surface area contributed by atoms with Crippen molar-refractivity contribution in [1.29, 1.82) is 0 Å². The number of ether oxygens (including phenoxy) is 1. The summed E-state index contributed by atoms with van der Waals surface area (Å²) in [5.41, 5.74) is 1.18. The molecule has 2 aromatic carbocycles. The van der Waals surface area contributed by atoms with E-state index in [2.05, 4.69) is 15.0 Å². The van der Waals surface area contributed by atoms with Crippen LogP contribution in [0.25, 0.3) is 11.3 Å². The summed E-state index contributed by atoms with van der Waals surface area (Å²) in [6, 6.07) is 12.0. The first-order valence-electron chi connectivity index (χ1n) is 8.73. The lowest BCUT2D eigenvalue weighted by molar-refractivity contribution is -0.274. The fourth-order valence-electron chi connectivity index (χ4n) is 2.60. The number of carbonyl (C=O) groups is 1. The van der Waals surface area contributed by atoms with E-state index in [4.69, 9.17) is 16.0 Å². The molecule has 0 fully saturated rings. The average molecular weight is 440 g/mol. The van der Waals surface area contributed by atoms with Gasteiger partial charge in [0.05, 0.1) is 19.3 Å². The van der Waals surface area contributed by atoms with Gasteiger partial charge in [0.2, 0.25) is 11.8 Å². The minimum atomic E-state index is -4.76. The highest BCUT2D eigenvalue weighted by atomic mass is 35.5. The van der Waals surface area contributed by atoms with Gasteiger partial charge in [0, 0.05) is 16.3 Å². The molecular formula is C20H17ClF3N3O3. The van der Waals surface area contributed by atoms with Crippen molar-refractivity contribution in [3.63, 3.8) is 0 Å². The van der Waals surface area contributed by atoms with E-state index >= 15 is 0 Å². The molecule has 0 saturated heterocycles. The highest BCUT2D eigenvalue weighted by Crippen LogP contribution is 2.24. The number of rotatable bonds is 7. The second-order valence-corrected chi connectivity index (χ2v) is 6.85. The standard InChI is InChI=1S/C20H17ClF3N3O3/c1-27(12-19-25-10-17(29-19)13-2-4-14(21)5-3-13)11-18(28)26-15-6-8-16(9-7-15)30-20(22,23)24/h2-10H,11-12H2,1H3,(H,26,28). The molecular weight excluding hydrogens is 423 g/mol. The monoisotopic (exact) mass is 439 g/mol. The summed E-state index contributed by atoms with van der Waals surface area (Å²) in [5, 5.41) is 3.22. The summed E-state index contributed by atoms with van der Waals surface area (Å²) in [7, 11) is 1.71. The average Bonchev–Trinajstić information content (AvgIpc) is 3.11. The van der Waals surface area contributed by atoms with Crippen molar-refractivity contribution in [2.45, 2.75) is 12.9 Å². The molecule has 30 heavy (non-hydrogen) atoms. The van der Waals surface area contributed by atoms with Crippen molar-refractivity contribution in [3.8, 4) is 17.1 Å². The summed E-state index contributed by atoms with van der Waals surface area (Å²) in [4.78, 5) is 18.1. The van der Waals surface area contributed by atoms with Gasteiger partial charge in [-0.25, -0.2) is 4.98 Å². The van der Waals surface area contributed by atoms with E-state index in [1.54, 1.807) is 30.3 Å². The van der Waals surface area contributed by atoms with Gasteiger partial charge in [-0.2, -0.15) is 0 Å². The van der Waals surface area contributed by atoms with Crippen molar-refractivity contribution < 1.29 is 27.1 Å². The minimum Gasteiger partial charge on any atom is -0.439 e. The predicted octanol–water partition coefficient (Wildman–Crippen LogP) is 4.96. The Labute approximate surface area is 175 Å². The molecule has 0 saturated carbocycles. The molecule has 0 aliphatic carbocycles. The number of alkyl halides is 3. The summed E-state index contributed by atoms with van der Waals surface area (Å²) >= 11 is 5.87. The Hall–Kier alpha value is -3.04. The second kappa shape index (κ2) is 9.19. The van der Waals surface area contributed by atoms with Gasteiger partial charge in [0.15, 0.2) is 5.76 Å². The van der Waals surface area contributed by atoms with Crippen molar-refractivity contribution in [3.05, 3.63) is 65.6 Å². The number of aromatic nitrogens is 1. The molecule has 3 aromatic rings. The third kappa shape index (κ3) is 6.50. The van der Waals surface area contributed by atoms with Gasteiger partial charge >= 0.3 is 6.36 Å². The molecule has 158 valence electrons. The Bertz CT molecular complexity index is 989. The Morgan fingerprint density at radius 3 is 2.47 bits per heavy atom. The zero-order valence-corrected chi connectivity index (χ0v) is 16.5. The van der Waals surface area contributed by atoms with Crippen LogP contribution in [0.1, 0.15) is 5.89 Å². The maximum absolute atomic E-state index is 12.2. The maximum Gasteiger partial charge on any atom is 0.573 e. The van der Waals surface area contributed by atoms with Gasteiger partial charge in [0.25, 0.3) is 0 Å². The number of nitrogens with zero attached hydrogens (tertiary/aromatic N) is 2. The molecule has 0 bridgehead atoms. The number of benzene rings is 2. The van der Waals surface area contributed by atoms with Gasteiger partial charge in [-0.05, 0) is 55.6 Å². The Balaban J connectivity index is 1.50. The number of likely N-dealkylation sites (N-methyl/N-ethyl adjacent to an activating group) is 1. The number of hydrogen-bond acceptors (Lipinski definition) is 5. The topological polar surface area (TPSA) is 67.6 Å². The number of nitrogens with one attached hydrogen (secondary N) is 1. The lowest BCUT2D eigenvalue weighted by atomic mass is 10.2. The summed E-state index contributed by atoms with van der Waals surface area (Å²) in [6.45, 7) is 0.318. The Morgan fingerprint density at radius 1 is 1.17 bits per heavy atom. The maximum atomic E-state index is 12.2. The molecule has 0 radical (unpaired) electrons. The van der Waals surface area contributed by atoms with Crippen LogP contribution in [0.15, 0.2) is 59.1 Å². The molecule has 1 heterocycles. The van der Waals surface area contributed by atoms with E-state index in [0.29, 0.717) is 28.9 Å². The van der Waals surface area contributed by atoms with Gasteiger partial charge < -0.3 is 14.5 Å². The predicted molar refractivity (Wildman–Crippen MR) is 105 cm³/mol. The van der Waals surface area contributed by atoms with Gasteiger partial charge in [-0.15, -0.1) is 13.2 Å². The third-order valence-corrected chi connectivity index (χ3v) is 4.12. The van der Waals surface area contributed by atoms with Crippen LogP contribution in [-0.4, -0.2) is 35.7 Å². The first kappa shape index (κ1) is 21.7. The highest BCUT2D eigenvalue weighted by molar-refractivity contribution is 6.30. The highest BCUT2D eigenvalue weighted by Gasteiger charge is 2.30. The Morgan fingerprint density at radius 2 is 1.83 bits per heavy atom. The molecule has 0 unspecified atom stereocenters. The van der Waals surface area contributed by atoms with Crippen LogP contribution in [0.5, 0.6) is 5.75 Å². The molecule has 3 rings (SSSR count). The Kier molecular flexibility index (Phi) is 6.63. The first-order valence-corrected chi connectivity index (χ1v) is 9.10. The van der Waals surface area contributed by atoms with E-state index in [-0.39, 0.29) is 18.2 Å². The fraction of sp³-hybridized carbons (Fsp3) is 0.200. The van der Waals surface area contributed by atoms with Crippen molar-refractivity contribution in [2.24, 2.45) is 0 Å². The van der Waals surface area contributed by atoms with E-state index < -0.39 is 6.36 Å². The zero-order valence-electron chi connectivity index (χ0n) is 15.7. The van der Waals surface area contributed by atoms with Crippen LogP contribution in [0.2, 0.25) is 5.02 Å². The SMILES string of the molecule is CN(CC(=O)Nc1ccc(OC(F)(F)F)cc1)Cc1ncc(-c2ccc(Cl)cc2)o1. The summed E-state index contributed by atoms with van der Waals surface area (Å²) in [6.07, 6.45) is -3.17. The lowest BCUT2D eigenvalue weighted by Gasteiger charge is -2.14. The van der Waals surface area contributed by atoms with Gasteiger partial charge in [0.1, 0.15) is 5.75 Å². The van der Waals surface area contributed by atoms with Crippen LogP contribution in [0, 0.1) is 0 Å². The molecule has 10 heteroatoms. The molecule has 0 aliphatic heterocycles. The zero-order chi connectivity index (χ0) is 21.7. The summed E-state index contributed by atoms with van der Waals surface area (Å²) < 4.78 is 46.0. The third-order valence-electron chi connectivity index (χ3n) is 3.87. The van der Waals surface area contributed by atoms with E-state index in [1.807, 2.05) is 12.1 Å². The minimum absolute atomic E-state index is 0.0272. The largest absolute Gasteiger partial charge is 0.573 e. The molecule has 0 aliphatic rings. The van der Waals surface area contributed by atoms with Gasteiger partial charge in [-0.1, -0.05) is 11.6 Å². The van der Waals surface area contributed by atoms with Crippen molar-refractivity contribution in [2.75, 3.05) is 18.9 Å². The number of carbonyl (C=O) groups excluding carboxylic acids is 1. The van der Waals surface area contributed by atoms with Crippen LogP contribution in [0.4, 0.5) is 18.9 Å². The molecule has 1 amide bonds. The normalized spacial score (nSPS) is 11.5. The molecule has 0 spiro atoms. The van der Waals surface area contributed by atoms with Crippen molar-refractivity contribution in [1.82, 2.24) is 9.88 Å². The second-order valence-electron chi connectivity index (χ2n) is 6.42.